The van der Waals surface area contributed by atoms with Gasteiger partial charge in [0, 0.05) is 0 Å². The van der Waals surface area contributed by atoms with Gasteiger partial charge in [-0.1, -0.05) is 0 Å². The molecule has 1 nitrogen and oxygen atoms in total. The number of hydrogen-bond acceptors (Lipinski definition) is 1. The normalized spacial score (nSPS) is 66.0. The summed E-state index contributed by atoms with van der Waals surface area (Å²) in [6, 6.07) is 0. The van der Waals surface area contributed by atoms with Crippen LogP contribution in [0.3, 0.4) is 0 Å². The Hall–Kier alpha value is -0.0400. The first kappa shape index (κ1) is 3.89. The second-order valence-corrected chi connectivity index (χ2v) is 3.35. The van der Waals surface area contributed by atoms with Gasteiger partial charge in [-0.05, 0) is 31.1 Å². The van der Waals surface area contributed by atoms with Gasteiger partial charge in [0.1, 0.15) is 0 Å². The standard InChI is InChI=1S/C7H10O/c1-2-6-4(1)5-3-7(5)8-6/h4-7H,1-3H2. The second-order valence-electron chi connectivity index (χ2n) is 3.35. The Morgan fingerprint density at radius 3 is 2.38 bits per heavy atom. The van der Waals surface area contributed by atoms with Crippen molar-refractivity contribution in [2.45, 2.75) is 31.5 Å². The van der Waals surface area contributed by atoms with Crippen LogP contribution in [-0.2, 0) is 4.74 Å². The van der Waals surface area contributed by atoms with Crippen LogP contribution in [0, 0.1) is 11.8 Å². The van der Waals surface area contributed by atoms with Crippen LogP contribution >= 0.6 is 0 Å². The lowest BCUT2D eigenvalue weighted by molar-refractivity contribution is -0.00504. The fraction of sp³-hybridized carbons (Fsp3) is 1.00. The molecule has 0 N–H and O–H groups in total. The van der Waals surface area contributed by atoms with Gasteiger partial charge in [0.25, 0.3) is 0 Å². The molecule has 1 heterocycles. The topological polar surface area (TPSA) is 9.23 Å². The number of fused-ring (bicyclic) bond motifs is 3. The Balaban J connectivity index is 1.92. The average molecular weight is 110 g/mol. The zero-order chi connectivity index (χ0) is 5.14. The van der Waals surface area contributed by atoms with Gasteiger partial charge in [-0.25, -0.2) is 0 Å². The molecule has 1 saturated heterocycles. The third-order valence-corrected chi connectivity index (χ3v) is 2.94. The van der Waals surface area contributed by atoms with Gasteiger partial charge in [0.15, 0.2) is 0 Å². The van der Waals surface area contributed by atoms with Crippen molar-refractivity contribution in [3.05, 3.63) is 0 Å². The van der Waals surface area contributed by atoms with E-state index in [2.05, 4.69) is 0 Å². The highest BCUT2D eigenvalue weighted by molar-refractivity contribution is 5.06. The first-order valence-electron chi connectivity index (χ1n) is 3.60. The van der Waals surface area contributed by atoms with Crippen LogP contribution in [0.1, 0.15) is 19.3 Å². The molecule has 4 unspecified atom stereocenters. The first-order chi connectivity index (χ1) is 3.95. The Labute approximate surface area is 49.0 Å². The molecule has 44 valence electrons. The molecule has 4 atom stereocenters. The summed E-state index contributed by atoms with van der Waals surface area (Å²) in [5, 5.41) is 0. The zero-order valence-corrected chi connectivity index (χ0v) is 4.84. The summed E-state index contributed by atoms with van der Waals surface area (Å²) in [4.78, 5) is 0. The fourth-order valence-electron chi connectivity index (χ4n) is 2.18. The van der Waals surface area contributed by atoms with Gasteiger partial charge >= 0.3 is 0 Å². The maximum absolute atomic E-state index is 5.63. The van der Waals surface area contributed by atoms with E-state index in [0.29, 0.717) is 0 Å². The van der Waals surface area contributed by atoms with E-state index < -0.39 is 0 Å². The highest BCUT2D eigenvalue weighted by Crippen LogP contribution is 2.57. The zero-order valence-electron chi connectivity index (χ0n) is 4.84. The van der Waals surface area contributed by atoms with Gasteiger partial charge in [-0.3, -0.25) is 0 Å². The van der Waals surface area contributed by atoms with E-state index in [0.717, 1.165) is 24.0 Å². The van der Waals surface area contributed by atoms with Crippen molar-refractivity contribution in [1.82, 2.24) is 0 Å². The lowest BCUT2D eigenvalue weighted by Crippen LogP contribution is -2.30. The van der Waals surface area contributed by atoms with Gasteiger partial charge in [-0.2, -0.15) is 0 Å². The molecule has 3 aliphatic rings. The lowest BCUT2D eigenvalue weighted by Gasteiger charge is -2.31. The molecule has 0 aromatic rings. The molecule has 0 aromatic heterocycles. The summed E-state index contributed by atoms with van der Waals surface area (Å²) < 4.78 is 5.63. The van der Waals surface area contributed by atoms with Gasteiger partial charge in [0.2, 0.25) is 0 Å². The Bertz CT molecular complexity index is 128. The van der Waals surface area contributed by atoms with Crippen molar-refractivity contribution in [1.29, 1.82) is 0 Å². The van der Waals surface area contributed by atoms with Crippen LogP contribution in [0.4, 0.5) is 0 Å². The van der Waals surface area contributed by atoms with E-state index in [1.54, 1.807) is 0 Å². The number of rotatable bonds is 0. The van der Waals surface area contributed by atoms with Crippen molar-refractivity contribution in [2.75, 3.05) is 0 Å². The van der Waals surface area contributed by atoms with E-state index in [9.17, 15) is 0 Å². The summed E-state index contributed by atoms with van der Waals surface area (Å²) in [6.45, 7) is 0. The molecule has 2 saturated carbocycles. The van der Waals surface area contributed by atoms with Crippen molar-refractivity contribution in [3.63, 3.8) is 0 Å². The van der Waals surface area contributed by atoms with Crippen LogP contribution in [0.15, 0.2) is 0 Å². The Morgan fingerprint density at radius 2 is 2.00 bits per heavy atom. The minimum Gasteiger partial charge on any atom is -0.374 e. The predicted octanol–water partition coefficient (Wildman–Crippen LogP) is 1.18. The minimum atomic E-state index is 0.721. The van der Waals surface area contributed by atoms with Crippen molar-refractivity contribution < 1.29 is 4.74 Å². The maximum Gasteiger partial charge on any atom is 0.0615 e. The number of hydrogen-bond donors (Lipinski definition) is 0. The van der Waals surface area contributed by atoms with Crippen LogP contribution in [0.2, 0.25) is 0 Å². The third-order valence-electron chi connectivity index (χ3n) is 2.94. The van der Waals surface area contributed by atoms with Crippen LogP contribution in [0.5, 0.6) is 0 Å². The van der Waals surface area contributed by atoms with Crippen molar-refractivity contribution in [3.8, 4) is 0 Å². The summed E-state index contributed by atoms with van der Waals surface area (Å²) in [7, 11) is 0. The monoisotopic (exact) mass is 110 g/mol. The van der Waals surface area contributed by atoms with Gasteiger partial charge in [0.05, 0.1) is 12.2 Å². The molecule has 1 heteroatoms. The molecule has 0 amide bonds. The Kier molecular flexibility index (Phi) is 0.472. The largest absolute Gasteiger partial charge is 0.374 e. The summed E-state index contributed by atoms with van der Waals surface area (Å²) in [5.74, 6) is 2.04. The maximum atomic E-state index is 5.63. The SMILES string of the molecule is C1CC2C1OC1CC12. The van der Waals surface area contributed by atoms with E-state index in [4.69, 9.17) is 4.74 Å². The molecule has 3 fully saturated rings. The average Bonchev–Trinajstić information content (AvgIpc) is 2.34. The van der Waals surface area contributed by atoms with E-state index in [1.165, 1.54) is 19.3 Å². The molecule has 0 aromatic carbocycles. The molecule has 2 aliphatic carbocycles. The van der Waals surface area contributed by atoms with Crippen LogP contribution in [0.25, 0.3) is 0 Å². The van der Waals surface area contributed by atoms with Gasteiger partial charge in [-0.15, -0.1) is 0 Å². The molecule has 0 bridgehead atoms. The molecule has 8 heavy (non-hydrogen) atoms. The highest BCUT2D eigenvalue weighted by Gasteiger charge is 2.58. The van der Waals surface area contributed by atoms with E-state index in [-0.39, 0.29) is 0 Å². The lowest BCUT2D eigenvalue weighted by atomic mass is 9.80. The summed E-state index contributed by atoms with van der Waals surface area (Å²) in [6.07, 6.45) is 5.66. The minimum absolute atomic E-state index is 0.721. The smallest absolute Gasteiger partial charge is 0.0615 e. The molecule has 1 aliphatic heterocycles. The molecule has 3 rings (SSSR count). The van der Waals surface area contributed by atoms with Crippen LogP contribution < -0.4 is 0 Å². The molecule has 0 radical (unpaired) electrons. The first-order valence-corrected chi connectivity index (χ1v) is 3.60. The summed E-state index contributed by atoms with van der Waals surface area (Å²) in [5.41, 5.74) is 0. The van der Waals surface area contributed by atoms with Crippen LogP contribution in [-0.4, -0.2) is 12.2 Å². The number of ether oxygens (including phenoxy) is 1. The molecular formula is C7H10O. The second kappa shape index (κ2) is 0.971. The van der Waals surface area contributed by atoms with E-state index in [1.807, 2.05) is 0 Å². The van der Waals surface area contributed by atoms with Gasteiger partial charge < -0.3 is 4.74 Å². The highest BCUT2D eigenvalue weighted by atomic mass is 16.5. The molecule has 0 spiro atoms. The van der Waals surface area contributed by atoms with Crippen molar-refractivity contribution >= 4 is 0 Å². The Morgan fingerprint density at radius 1 is 1.00 bits per heavy atom. The quantitative estimate of drug-likeness (QED) is 0.455. The summed E-state index contributed by atoms with van der Waals surface area (Å²) >= 11 is 0. The fourth-order valence-corrected chi connectivity index (χ4v) is 2.18. The molecular weight excluding hydrogens is 100 g/mol. The van der Waals surface area contributed by atoms with E-state index >= 15 is 0 Å². The third kappa shape index (κ3) is 0.278. The predicted molar refractivity (Wildman–Crippen MR) is 29.5 cm³/mol. The van der Waals surface area contributed by atoms with Crippen molar-refractivity contribution in [2.24, 2.45) is 11.8 Å².